The molecule has 0 radical (unpaired) electrons. The van der Waals surface area contributed by atoms with Gasteiger partial charge in [-0.3, -0.25) is 4.72 Å². The number of halogens is 4. The van der Waals surface area contributed by atoms with Gasteiger partial charge in [-0.2, -0.15) is 0 Å². The molecule has 0 bridgehead atoms. The molecule has 1 aliphatic rings. The van der Waals surface area contributed by atoms with Crippen LogP contribution in [0.3, 0.4) is 0 Å². The summed E-state index contributed by atoms with van der Waals surface area (Å²) in [6.45, 7) is 2.02. The minimum atomic E-state index is -4.84. The highest BCUT2D eigenvalue weighted by atomic mass is 35.5. The van der Waals surface area contributed by atoms with Crippen molar-refractivity contribution >= 4 is 39.4 Å². The highest BCUT2D eigenvalue weighted by Gasteiger charge is 2.31. The lowest BCUT2D eigenvalue weighted by Crippen LogP contribution is -2.37. The summed E-state index contributed by atoms with van der Waals surface area (Å²) in [6.07, 6.45) is 2.65. The number of carbonyl (C=O) groups excluding carboxylic acids is 1. The highest BCUT2D eigenvalue weighted by molar-refractivity contribution is 7.92. The molecule has 43 heavy (non-hydrogen) atoms. The van der Waals surface area contributed by atoms with Crippen molar-refractivity contribution in [3.05, 3.63) is 70.9 Å². The van der Waals surface area contributed by atoms with Crippen molar-refractivity contribution in [1.29, 1.82) is 0 Å². The van der Waals surface area contributed by atoms with Crippen LogP contribution in [-0.2, 0) is 14.8 Å². The van der Waals surface area contributed by atoms with E-state index in [-0.39, 0.29) is 40.7 Å². The van der Waals surface area contributed by atoms with Crippen molar-refractivity contribution in [3.8, 4) is 22.6 Å². The van der Waals surface area contributed by atoms with Crippen LogP contribution in [0.1, 0.15) is 31.5 Å². The van der Waals surface area contributed by atoms with E-state index in [1.165, 1.54) is 13.3 Å². The molecule has 1 atom stereocenters. The van der Waals surface area contributed by atoms with E-state index < -0.39 is 44.2 Å². The molecule has 0 saturated heterocycles. The standard InChI is InChI=1S/C27H25ClF3N7O4S/c1-13(34-27(39)42-2)12-33-26-32-9-8-19(35-26)23-22(36-25(37-23)14-6-7-14)16-10-15(29)11-20(21(16)28)38-43(40,41)24-17(30)4-3-5-18(24)31/h3-5,8-11,13-14,38H,6-7,12H2,1-2H3,(H,34,39)(H,36,37)(H,32,33,35). The number of H-pyrrole nitrogens is 1. The lowest BCUT2D eigenvalue weighted by Gasteiger charge is -2.14. The van der Waals surface area contributed by atoms with Gasteiger partial charge in [0.15, 0.2) is 4.90 Å². The number of anilines is 2. The van der Waals surface area contributed by atoms with Gasteiger partial charge in [-0.25, -0.2) is 41.3 Å². The number of aromatic nitrogens is 4. The van der Waals surface area contributed by atoms with E-state index >= 15 is 0 Å². The van der Waals surface area contributed by atoms with E-state index in [1.54, 1.807) is 13.0 Å². The van der Waals surface area contributed by atoms with Gasteiger partial charge in [0.25, 0.3) is 10.0 Å². The van der Waals surface area contributed by atoms with Crippen LogP contribution in [0.4, 0.5) is 29.6 Å². The van der Waals surface area contributed by atoms with Crippen LogP contribution in [0.5, 0.6) is 0 Å². The fourth-order valence-electron chi connectivity index (χ4n) is 4.23. The van der Waals surface area contributed by atoms with Gasteiger partial charge in [0, 0.05) is 30.3 Å². The Kier molecular flexibility index (Phi) is 8.46. The van der Waals surface area contributed by atoms with E-state index in [9.17, 15) is 26.4 Å². The topological polar surface area (TPSA) is 151 Å². The number of imidazole rings is 1. The minimum absolute atomic E-state index is 0.00976. The van der Waals surface area contributed by atoms with E-state index in [0.717, 1.165) is 43.2 Å². The number of sulfonamides is 1. The minimum Gasteiger partial charge on any atom is -0.453 e. The molecule has 1 unspecified atom stereocenters. The zero-order valence-corrected chi connectivity index (χ0v) is 24.3. The first kappa shape index (κ1) is 30.1. The van der Waals surface area contributed by atoms with E-state index in [2.05, 4.69) is 35.3 Å². The Morgan fingerprint density at radius 3 is 2.56 bits per heavy atom. The molecule has 1 fully saturated rings. The number of nitrogens with one attached hydrogen (secondary N) is 4. The predicted octanol–water partition coefficient (Wildman–Crippen LogP) is 5.44. The van der Waals surface area contributed by atoms with Crippen LogP contribution in [0.15, 0.2) is 47.5 Å². The molecular formula is C27H25ClF3N7O4S. The number of amides is 1. The van der Waals surface area contributed by atoms with Crippen LogP contribution in [0.25, 0.3) is 22.6 Å². The van der Waals surface area contributed by atoms with Gasteiger partial charge < -0.3 is 20.4 Å². The highest BCUT2D eigenvalue weighted by Crippen LogP contribution is 2.44. The number of hydrogen-bond acceptors (Lipinski definition) is 8. The summed E-state index contributed by atoms with van der Waals surface area (Å²) >= 11 is 6.60. The first-order valence-corrected chi connectivity index (χ1v) is 14.8. The number of ether oxygens (including phenoxy) is 1. The summed E-state index contributed by atoms with van der Waals surface area (Å²) < 4.78 is 75.9. The zero-order chi connectivity index (χ0) is 30.9. The van der Waals surface area contributed by atoms with Crippen LogP contribution in [0.2, 0.25) is 5.02 Å². The smallest absolute Gasteiger partial charge is 0.407 e. The second-order valence-electron chi connectivity index (χ2n) is 9.77. The molecule has 1 aliphatic carbocycles. The quantitative estimate of drug-likeness (QED) is 0.180. The molecule has 2 heterocycles. The molecule has 16 heteroatoms. The first-order chi connectivity index (χ1) is 20.5. The lowest BCUT2D eigenvalue weighted by atomic mass is 10.1. The fraction of sp³-hybridized carbons (Fsp3) is 0.259. The Labute approximate surface area is 249 Å². The van der Waals surface area contributed by atoms with Crippen LogP contribution >= 0.6 is 11.6 Å². The summed E-state index contributed by atoms with van der Waals surface area (Å²) in [7, 11) is -3.59. The molecule has 0 spiro atoms. The Morgan fingerprint density at radius 1 is 1.16 bits per heavy atom. The molecule has 2 aromatic heterocycles. The Hall–Kier alpha value is -4.37. The second-order valence-corrected chi connectivity index (χ2v) is 11.8. The number of carbonyl (C=O) groups is 1. The van der Waals surface area contributed by atoms with E-state index in [4.69, 9.17) is 11.6 Å². The summed E-state index contributed by atoms with van der Waals surface area (Å²) in [5.74, 6) is -2.59. The molecule has 5 rings (SSSR count). The van der Waals surface area contributed by atoms with Gasteiger partial charge in [0.2, 0.25) is 5.95 Å². The maximum Gasteiger partial charge on any atom is 0.407 e. The normalized spacial score (nSPS) is 13.8. The van der Waals surface area contributed by atoms with E-state index in [0.29, 0.717) is 17.2 Å². The summed E-state index contributed by atoms with van der Waals surface area (Å²) in [5.41, 5.74) is 0.453. The van der Waals surface area contributed by atoms with Crippen molar-refractivity contribution in [2.24, 2.45) is 0 Å². The molecule has 1 saturated carbocycles. The predicted molar refractivity (Wildman–Crippen MR) is 153 cm³/mol. The SMILES string of the molecule is COC(=O)NC(C)CNc1nccc(-c2[nH]c(C3CC3)nc2-c2cc(F)cc(NS(=O)(=O)c3c(F)cccc3F)c2Cl)n1. The lowest BCUT2D eigenvalue weighted by molar-refractivity contribution is 0.168. The third-order valence-corrected chi connectivity index (χ3v) is 8.26. The number of benzene rings is 2. The second kappa shape index (κ2) is 12.1. The summed E-state index contributed by atoms with van der Waals surface area (Å²) in [5, 5.41) is 5.37. The molecule has 1 amide bonds. The number of nitrogens with zero attached hydrogens (tertiary/aromatic N) is 3. The number of hydrogen-bond donors (Lipinski definition) is 4. The average Bonchev–Trinajstić information content (AvgIpc) is 3.71. The van der Waals surface area contributed by atoms with Crippen LogP contribution < -0.4 is 15.4 Å². The van der Waals surface area contributed by atoms with E-state index in [1.807, 2.05) is 4.72 Å². The van der Waals surface area contributed by atoms with Crippen molar-refractivity contribution in [1.82, 2.24) is 25.3 Å². The molecule has 4 N–H and O–H groups in total. The largest absolute Gasteiger partial charge is 0.453 e. The Bertz CT molecular complexity index is 1780. The van der Waals surface area contributed by atoms with Gasteiger partial charge >= 0.3 is 6.09 Å². The van der Waals surface area contributed by atoms with Gasteiger partial charge in [0.05, 0.1) is 34.9 Å². The third kappa shape index (κ3) is 6.67. The Balaban J connectivity index is 1.51. The molecule has 11 nitrogen and oxygen atoms in total. The molecule has 2 aromatic carbocycles. The van der Waals surface area contributed by atoms with Gasteiger partial charge in [0.1, 0.15) is 23.3 Å². The number of methoxy groups -OCH3 is 1. The number of rotatable bonds is 10. The molecule has 4 aromatic rings. The maximum absolute atomic E-state index is 14.9. The monoisotopic (exact) mass is 635 g/mol. The first-order valence-electron chi connectivity index (χ1n) is 12.9. The maximum atomic E-state index is 14.9. The average molecular weight is 636 g/mol. The van der Waals surface area contributed by atoms with Crippen molar-refractivity contribution < 1.29 is 31.1 Å². The third-order valence-electron chi connectivity index (χ3n) is 6.44. The van der Waals surface area contributed by atoms with Crippen molar-refractivity contribution in [2.75, 3.05) is 23.7 Å². The zero-order valence-electron chi connectivity index (χ0n) is 22.7. The fourth-order valence-corrected chi connectivity index (χ4v) is 5.74. The van der Waals surface area contributed by atoms with Gasteiger partial charge in [-0.1, -0.05) is 17.7 Å². The van der Waals surface area contributed by atoms with Crippen molar-refractivity contribution in [2.45, 2.75) is 36.6 Å². The number of alkyl carbamates (subject to hydrolysis) is 1. The number of aromatic amines is 1. The Morgan fingerprint density at radius 2 is 1.88 bits per heavy atom. The molecule has 0 aliphatic heterocycles. The van der Waals surface area contributed by atoms with Crippen molar-refractivity contribution in [3.63, 3.8) is 0 Å². The summed E-state index contributed by atoms with van der Waals surface area (Å²) in [4.78, 5) is 26.8. The van der Waals surface area contributed by atoms with Crippen LogP contribution in [0, 0.1) is 17.5 Å². The van der Waals surface area contributed by atoms with Gasteiger partial charge in [-0.05, 0) is 50.1 Å². The van der Waals surface area contributed by atoms with Crippen LogP contribution in [-0.4, -0.2) is 54.1 Å². The van der Waals surface area contributed by atoms with Gasteiger partial charge in [-0.15, -0.1) is 0 Å². The molecule has 226 valence electrons. The molecular weight excluding hydrogens is 611 g/mol. The summed E-state index contributed by atoms with van der Waals surface area (Å²) in [6, 6.07) is 5.72.